The highest BCUT2D eigenvalue weighted by atomic mass is 16.3. The molecule has 0 bridgehead atoms. The fraction of sp³-hybridized carbons (Fsp3) is 0.926. The maximum Gasteiger partial charge on any atom is 0.211 e. The van der Waals surface area contributed by atoms with E-state index in [4.69, 9.17) is 11.1 Å². The molecule has 0 heterocycles. The summed E-state index contributed by atoms with van der Waals surface area (Å²) in [6.07, 6.45) is 17.2. The minimum atomic E-state index is -0.0766. The van der Waals surface area contributed by atoms with Crippen LogP contribution in [0.15, 0.2) is 11.6 Å². The van der Waals surface area contributed by atoms with Crippen LogP contribution in [0.4, 0.5) is 0 Å². The lowest BCUT2D eigenvalue weighted by atomic mass is 9.47. The fourth-order valence-electron chi connectivity index (χ4n) is 8.67. The predicted octanol–water partition coefficient (Wildman–Crippen LogP) is 7.50. The predicted molar refractivity (Wildman–Crippen MR) is 127 cm³/mol. The molecule has 0 aliphatic heterocycles. The molecule has 3 fully saturated rings. The summed E-state index contributed by atoms with van der Waals surface area (Å²) in [4.78, 5) is 2.00. The van der Waals surface area contributed by atoms with E-state index in [2.05, 4.69) is 40.7 Å². The van der Waals surface area contributed by atoms with Crippen molar-refractivity contribution < 1.29 is 5.11 Å². The smallest absolute Gasteiger partial charge is 0.211 e. The number of aliphatic hydroxyl groups excluding tert-OH is 1. The highest BCUT2D eigenvalue weighted by molar-refractivity contribution is 5.25. The highest BCUT2D eigenvalue weighted by Crippen LogP contribution is 2.67. The quantitative estimate of drug-likeness (QED) is 0.235. The van der Waals surface area contributed by atoms with Crippen LogP contribution in [0.3, 0.4) is 0 Å². The van der Waals surface area contributed by atoms with Gasteiger partial charge in [0.1, 0.15) is 11.1 Å². The Bertz CT molecular complexity index is 682. The van der Waals surface area contributed by atoms with E-state index in [0.29, 0.717) is 10.8 Å². The maximum absolute atomic E-state index is 10.2. The van der Waals surface area contributed by atoms with Gasteiger partial charge in [-0.3, -0.25) is 0 Å². The largest absolute Gasteiger partial charge is 0.393 e. The average molecular weight is 431 g/mol. The van der Waals surface area contributed by atoms with Gasteiger partial charge >= 0.3 is 0 Å². The minimum absolute atomic E-state index is 0.0766. The molecule has 4 rings (SSSR count). The van der Waals surface area contributed by atoms with Gasteiger partial charge in [-0.05, 0) is 97.7 Å². The van der Waals surface area contributed by atoms with Crippen LogP contribution in [0, 0.1) is 57.4 Å². The standard InChI is InChI=1S/C27H46O.H2N3/c1-18(2)7-6-8-19(3)23-11-12-24-22-10-9-20-17-21(28)13-15-26(20,4)25(22)14-16-27(23,24)5;1-3-2/h9,18-19,21-25,28H,6-8,10-17H2,1-5H3;1-2H/q;+1/t19?,21-,22-,23+,24-,25-,26-,27+;/m0./s1. The molecule has 4 heteroatoms. The van der Waals surface area contributed by atoms with Crippen LogP contribution in [-0.2, 0) is 0 Å². The third-order valence-electron chi connectivity index (χ3n) is 10.3. The summed E-state index contributed by atoms with van der Waals surface area (Å²) in [6, 6.07) is 0. The van der Waals surface area contributed by atoms with Gasteiger partial charge < -0.3 is 5.11 Å². The number of allylic oxidation sites excluding steroid dienone is 1. The Kier molecular flexibility index (Phi) is 7.85. The van der Waals surface area contributed by atoms with Crippen molar-refractivity contribution in [1.82, 2.24) is 4.91 Å². The van der Waals surface area contributed by atoms with Gasteiger partial charge in [-0.1, -0.05) is 65.5 Å². The molecule has 0 saturated heterocycles. The first-order valence-corrected chi connectivity index (χ1v) is 13.1. The van der Waals surface area contributed by atoms with E-state index >= 15 is 0 Å². The number of hydrogen-bond acceptors (Lipinski definition) is 3. The Morgan fingerprint density at radius 3 is 2.42 bits per heavy atom. The summed E-state index contributed by atoms with van der Waals surface area (Å²) >= 11 is 0. The molecule has 0 aromatic heterocycles. The Labute approximate surface area is 190 Å². The molecule has 31 heavy (non-hydrogen) atoms. The lowest BCUT2D eigenvalue weighted by Gasteiger charge is -2.58. The zero-order valence-corrected chi connectivity index (χ0v) is 20.8. The first kappa shape index (κ1) is 24.6. The molecule has 3 N–H and O–H groups in total. The molecule has 0 amide bonds. The van der Waals surface area contributed by atoms with E-state index in [1.165, 1.54) is 57.8 Å². The van der Waals surface area contributed by atoms with Crippen molar-refractivity contribution in [3.63, 3.8) is 0 Å². The van der Waals surface area contributed by atoms with Crippen molar-refractivity contribution >= 4 is 0 Å². The lowest BCUT2D eigenvalue weighted by Crippen LogP contribution is -2.50. The average Bonchev–Trinajstić information content (AvgIpc) is 3.06. The molecular formula is C27H48N3O+. The molecule has 0 radical (unpaired) electrons. The van der Waals surface area contributed by atoms with Gasteiger partial charge in [0.25, 0.3) is 0 Å². The number of fused-ring (bicyclic) bond motifs is 5. The van der Waals surface area contributed by atoms with Crippen molar-refractivity contribution in [1.29, 1.82) is 11.1 Å². The zero-order chi connectivity index (χ0) is 22.8. The third-order valence-corrected chi connectivity index (χ3v) is 10.3. The van der Waals surface area contributed by atoms with Gasteiger partial charge in [-0.25, -0.2) is 0 Å². The van der Waals surface area contributed by atoms with E-state index in [1.54, 1.807) is 5.57 Å². The lowest BCUT2D eigenvalue weighted by molar-refractivity contribution is -0.0573. The number of hydrogen-bond donors (Lipinski definition) is 3. The number of nitrogens with zero attached hydrogens (tertiary/aromatic N) is 1. The van der Waals surface area contributed by atoms with Crippen LogP contribution in [0.1, 0.15) is 105 Å². The second-order valence-electron chi connectivity index (χ2n) is 12.3. The van der Waals surface area contributed by atoms with Crippen LogP contribution in [0.5, 0.6) is 0 Å². The molecule has 8 atom stereocenters. The second kappa shape index (κ2) is 9.87. The van der Waals surface area contributed by atoms with Gasteiger partial charge in [0.15, 0.2) is 0 Å². The summed E-state index contributed by atoms with van der Waals surface area (Å²) in [6.45, 7) is 12.6. The molecule has 3 saturated carbocycles. The summed E-state index contributed by atoms with van der Waals surface area (Å²) < 4.78 is 0. The molecule has 4 nitrogen and oxygen atoms in total. The molecule has 176 valence electrons. The van der Waals surface area contributed by atoms with Crippen LogP contribution >= 0.6 is 0 Å². The zero-order valence-electron chi connectivity index (χ0n) is 20.8. The molecule has 0 aromatic rings. The van der Waals surface area contributed by atoms with Gasteiger partial charge in [0.2, 0.25) is 4.91 Å². The SMILES string of the molecule is CC(C)CCCC(C)[C@H]1CC[C@H]2[C@@H]3CC=C4C[C@@H](O)CC[C@]4(C)[C@H]3CC[C@]12C.N=[N+]=N. The number of aliphatic hydroxyl groups is 1. The Balaban J connectivity index is 0.000000858. The fourth-order valence-corrected chi connectivity index (χ4v) is 8.67. The maximum atomic E-state index is 10.2. The summed E-state index contributed by atoms with van der Waals surface area (Å²) in [7, 11) is 0. The molecule has 0 aromatic carbocycles. The topological polar surface area (TPSA) is 82.0 Å². The first-order chi connectivity index (χ1) is 14.7. The molecular weight excluding hydrogens is 382 g/mol. The van der Waals surface area contributed by atoms with Crippen molar-refractivity contribution in [3.05, 3.63) is 11.6 Å². The Morgan fingerprint density at radius 2 is 1.74 bits per heavy atom. The van der Waals surface area contributed by atoms with Crippen molar-refractivity contribution in [2.24, 2.45) is 46.3 Å². The van der Waals surface area contributed by atoms with Gasteiger partial charge in [0.05, 0.1) is 6.10 Å². The van der Waals surface area contributed by atoms with E-state index in [-0.39, 0.29) is 6.10 Å². The van der Waals surface area contributed by atoms with Crippen LogP contribution in [0.25, 0.3) is 0 Å². The monoisotopic (exact) mass is 430 g/mol. The van der Waals surface area contributed by atoms with Gasteiger partial charge in [-0.2, -0.15) is 0 Å². The molecule has 4 aliphatic rings. The summed E-state index contributed by atoms with van der Waals surface area (Å²) in [5.74, 6) is 5.46. The second-order valence-corrected chi connectivity index (χ2v) is 12.3. The normalized spacial score (nSPS) is 42.3. The van der Waals surface area contributed by atoms with Crippen molar-refractivity contribution in [2.45, 2.75) is 111 Å². The van der Waals surface area contributed by atoms with Crippen LogP contribution in [0.2, 0.25) is 0 Å². The summed E-state index contributed by atoms with van der Waals surface area (Å²) in [5, 5.41) is 10.2. The minimum Gasteiger partial charge on any atom is -0.393 e. The van der Waals surface area contributed by atoms with E-state index in [0.717, 1.165) is 48.3 Å². The molecule has 4 aliphatic carbocycles. The molecule has 0 spiro atoms. The van der Waals surface area contributed by atoms with Crippen molar-refractivity contribution in [2.75, 3.05) is 0 Å². The van der Waals surface area contributed by atoms with Gasteiger partial charge in [0, 0.05) is 0 Å². The van der Waals surface area contributed by atoms with Crippen LogP contribution < -0.4 is 4.91 Å². The van der Waals surface area contributed by atoms with Crippen LogP contribution in [-0.4, -0.2) is 11.2 Å². The first-order valence-electron chi connectivity index (χ1n) is 13.1. The highest BCUT2D eigenvalue weighted by Gasteiger charge is 2.59. The van der Waals surface area contributed by atoms with E-state index in [1.807, 2.05) is 4.91 Å². The van der Waals surface area contributed by atoms with Crippen molar-refractivity contribution in [3.8, 4) is 0 Å². The summed E-state index contributed by atoms with van der Waals surface area (Å²) in [5.41, 5.74) is 13.6. The number of rotatable bonds is 5. The Hall–Kier alpha value is -0.990. The Morgan fingerprint density at radius 1 is 1.03 bits per heavy atom. The van der Waals surface area contributed by atoms with Gasteiger partial charge in [-0.15, -0.1) is 0 Å². The van der Waals surface area contributed by atoms with E-state index in [9.17, 15) is 5.11 Å². The molecule has 1 unspecified atom stereocenters. The third kappa shape index (κ3) is 4.71. The van der Waals surface area contributed by atoms with E-state index < -0.39 is 0 Å². The number of nitrogens with one attached hydrogen (secondary N) is 2.